The fraction of sp³-hybridized carbons (Fsp3) is 0.211. The van der Waals surface area contributed by atoms with E-state index in [1.54, 1.807) is 48.5 Å². The van der Waals surface area contributed by atoms with Gasteiger partial charge in [-0.3, -0.25) is 9.59 Å². The molecule has 0 aromatic heterocycles. The monoisotopic (exact) mass is 325 g/mol. The number of carbonyl (C=O) groups excluding carboxylic acids is 3. The highest BCUT2D eigenvalue weighted by molar-refractivity contribution is 6.14. The highest BCUT2D eigenvalue weighted by Crippen LogP contribution is 2.23. The molecule has 0 bridgehead atoms. The molecule has 0 aliphatic heterocycles. The lowest BCUT2D eigenvalue weighted by molar-refractivity contribution is 0.102. The van der Waals surface area contributed by atoms with Crippen LogP contribution in [-0.2, 0) is 0 Å². The van der Waals surface area contributed by atoms with Gasteiger partial charge in [-0.2, -0.15) is 0 Å². The van der Waals surface area contributed by atoms with Crippen LogP contribution in [0.2, 0.25) is 0 Å². The quantitative estimate of drug-likeness (QED) is 0.601. The van der Waals surface area contributed by atoms with Gasteiger partial charge in [0.05, 0.1) is 5.56 Å². The van der Waals surface area contributed by atoms with Gasteiger partial charge in [-0.15, -0.1) is 0 Å². The average Bonchev–Trinajstić information content (AvgIpc) is 2.62. The van der Waals surface area contributed by atoms with Crippen molar-refractivity contribution in [2.45, 2.75) is 13.8 Å². The lowest BCUT2D eigenvalue weighted by Gasteiger charge is -2.19. The molecule has 0 heterocycles. The van der Waals surface area contributed by atoms with Gasteiger partial charge < -0.3 is 9.64 Å². The van der Waals surface area contributed by atoms with Crippen molar-refractivity contribution in [3.05, 3.63) is 65.2 Å². The van der Waals surface area contributed by atoms with Crippen LogP contribution in [0.3, 0.4) is 0 Å². The third kappa shape index (κ3) is 3.68. The van der Waals surface area contributed by atoms with Gasteiger partial charge in [0.2, 0.25) is 0 Å². The van der Waals surface area contributed by atoms with Crippen LogP contribution in [-0.4, -0.2) is 36.2 Å². The molecule has 1 amide bonds. The van der Waals surface area contributed by atoms with Crippen molar-refractivity contribution in [1.29, 1.82) is 0 Å². The second-order valence-corrected chi connectivity index (χ2v) is 5.07. The van der Waals surface area contributed by atoms with Gasteiger partial charge in [-0.25, -0.2) is 4.79 Å². The summed E-state index contributed by atoms with van der Waals surface area (Å²) in [4.78, 5) is 37.6. The van der Waals surface area contributed by atoms with E-state index in [1.807, 2.05) is 13.8 Å². The fourth-order valence-electron chi connectivity index (χ4n) is 2.34. The molecular formula is C19H19NO4. The van der Waals surface area contributed by atoms with E-state index in [9.17, 15) is 14.4 Å². The molecule has 0 aliphatic rings. The Morgan fingerprint density at radius 2 is 1.54 bits per heavy atom. The van der Waals surface area contributed by atoms with Crippen LogP contribution in [0, 0.1) is 0 Å². The Bertz CT molecular complexity index is 751. The predicted molar refractivity (Wildman–Crippen MR) is 90.6 cm³/mol. The molecule has 2 aromatic carbocycles. The largest absolute Gasteiger partial charge is 0.415 e. The highest BCUT2D eigenvalue weighted by atomic mass is 16.6. The number of nitrogens with zero attached hydrogens (tertiary/aromatic N) is 1. The molecular weight excluding hydrogens is 306 g/mol. The standard InChI is InChI=1S/C19H19NO4/c1-3-20(4-2)19(23)24-17-12-8-7-11-16(17)18(22)15-10-6-5-9-14(15)13-21/h5-13H,3-4H2,1-2H3. The first-order valence-electron chi connectivity index (χ1n) is 7.77. The first kappa shape index (κ1) is 17.4. The van der Waals surface area contributed by atoms with Gasteiger partial charge in [0, 0.05) is 24.2 Å². The van der Waals surface area contributed by atoms with Gasteiger partial charge in [0.15, 0.2) is 12.1 Å². The first-order chi connectivity index (χ1) is 11.6. The van der Waals surface area contributed by atoms with Gasteiger partial charge in [0.1, 0.15) is 5.75 Å². The Morgan fingerprint density at radius 3 is 2.17 bits per heavy atom. The summed E-state index contributed by atoms with van der Waals surface area (Å²) in [5, 5.41) is 0. The summed E-state index contributed by atoms with van der Waals surface area (Å²) in [6.07, 6.45) is 0.126. The van der Waals surface area contributed by atoms with E-state index in [4.69, 9.17) is 4.74 Å². The lowest BCUT2D eigenvalue weighted by atomic mass is 9.98. The van der Waals surface area contributed by atoms with Crippen LogP contribution in [0.25, 0.3) is 0 Å². The summed E-state index contributed by atoms with van der Waals surface area (Å²) in [7, 11) is 0. The molecule has 0 fully saturated rings. The van der Waals surface area contributed by atoms with E-state index in [0.29, 0.717) is 24.9 Å². The van der Waals surface area contributed by atoms with Crippen molar-refractivity contribution >= 4 is 18.2 Å². The lowest BCUT2D eigenvalue weighted by Crippen LogP contribution is -2.33. The number of ketones is 1. The summed E-state index contributed by atoms with van der Waals surface area (Å²) in [5.41, 5.74) is 0.818. The third-order valence-electron chi connectivity index (χ3n) is 3.68. The highest BCUT2D eigenvalue weighted by Gasteiger charge is 2.20. The maximum Gasteiger partial charge on any atom is 0.415 e. The zero-order valence-electron chi connectivity index (χ0n) is 13.7. The van der Waals surface area contributed by atoms with Gasteiger partial charge >= 0.3 is 6.09 Å². The fourth-order valence-corrected chi connectivity index (χ4v) is 2.34. The number of ether oxygens (including phenoxy) is 1. The second-order valence-electron chi connectivity index (χ2n) is 5.07. The molecule has 0 aliphatic carbocycles. The zero-order valence-corrected chi connectivity index (χ0v) is 13.7. The number of amides is 1. The van der Waals surface area contributed by atoms with E-state index < -0.39 is 6.09 Å². The van der Waals surface area contributed by atoms with E-state index in [0.717, 1.165) is 0 Å². The van der Waals surface area contributed by atoms with Crippen LogP contribution in [0.1, 0.15) is 40.1 Å². The molecule has 5 heteroatoms. The topological polar surface area (TPSA) is 63.7 Å². The SMILES string of the molecule is CCN(CC)C(=O)Oc1ccccc1C(=O)c1ccccc1C=O. The Labute approximate surface area is 140 Å². The van der Waals surface area contributed by atoms with E-state index in [2.05, 4.69) is 0 Å². The summed E-state index contributed by atoms with van der Waals surface area (Å²) in [6, 6.07) is 13.0. The predicted octanol–water partition coefficient (Wildman–Crippen LogP) is 3.57. The van der Waals surface area contributed by atoms with Crippen LogP contribution in [0.5, 0.6) is 5.75 Å². The Morgan fingerprint density at radius 1 is 0.958 bits per heavy atom. The van der Waals surface area contributed by atoms with Crippen molar-refractivity contribution < 1.29 is 19.1 Å². The molecule has 24 heavy (non-hydrogen) atoms. The third-order valence-corrected chi connectivity index (χ3v) is 3.68. The van der Waals surface area contributed by atoms with Gasteiger partial charge in [0.25, 0.3) is 0 Å². The van der Waals surface area contributed by atoms with Crippen molar-refractivity contribution in [3.63, 3.8) is 0 Å². The molecule has 0 atom stereocenters. The van der Waals surface area contributed by atoms with E-state index in [-0.39, 0.29) is 22.7 Å². The first-order valence-corrected chi connectivity index (χ1v) is 7.77. The number of benzene rings is 2. The number of para-hydroxylation sites is 1. The summed E-state index contributed by atoms with van der Waals surface area (Å²) in [5.74, 6) is -0.180. The van der Waals surface area contributed by atoms with Gasteiger partial charge in [-0.05, 0) is 26.0 Å². The molecule has 0 saturated carbocycles. The van der Waals surface area contributed by atoms with Crippen LogP contribution in [0.4, 0.5) is 4.79 Å². The number of hydrogen-bond donors (Lipinski definition) is 0. The molecule has 0 N–H and O–H groups in total. The Kier molecular flexibility index (Phi) is 5.84. The molecule has 124 valence electrons. The minimum absolute atomic E-state index is 0.181. The van der Waals surface area contributed by atoms with Crippen molar-refractivity contribution in [2.24, 2.45) is 0 Å². The summed E-state index contributed by atoms with van der Waals surface area (Å²) < 4.78 is 5.38. The van der Waals surface area contributed by atoms with E-state index in [1.165, 1.54) is 4.90 Å². The second kappa shape index (κ2) is 8.06. The summed E-state index contributed by atoms with van der Waals surface area (Å²) >= 11 is 0. The van der Waals surface area contributed by atoms with Crippen molar-refractivity contribution in [2.75, 3.05) is 13.1 Å². The summed E-state index contributed by atoms with van der Waals surface area (Å²) in [6.45, 7) is 4.73. The average molecular weight is 325 g/mol. The molecule has 0 spiro atoms. The Balaban J connectivity index is 2.36. The Hall–Kier alpha value is -2.95. The van der Waals surface area contributed by atoms with Crippen molar-refractivity contribution in [3.8, 4) is 5.75 Å². The molecule has 0 saturated heterocycles. The molecule has 5 nitrogen and oxygen atoms in total. The molecule has 0 unspecified atom stereocenters. The van der Waals surface area contributed by atoms with Gasteiger partial charge in [-0.1, -0.05) is 36.4 Å². The number of carbonyl (C=O) groups is 3. The van der Waals surface area contributed by atoms with Crippen LogP contribution < -0.4 is 4.74 Å². The van der Waals surface area contributed by atoms with E-state index >= 15 is 0 Å². The molecule has 2 aromatic rings. The molecule has 0 radical (unpaired) electrons. The molecule has 2 rings (SSSR count). The van der Waals surface area contributed by atoms with Crippen molar-refractivity contribution in [1.82, 2.24) is 4.90 Å². The smallest absolute Gasteiger partial charge is 0.409 e. The minimum Gasteiger partial charge on any atom is -0.409 e. The van der Waals surface area contributed by atoms with Crippen LogP contribution in [0.15, 0.2) is 48.5 Å². The number of rotatable bonds is 6. The maximum absolute atomic E-state index is 12.8. The maximum atomic E-state index is 12.8. The van der Waals surface area contributed by atoms with Crippen LogP contribution >= 0.6 is 0 Å². The number of aldehydes is 1. The number of hydrogen-bond acceptors (Lipinski definition) is 4. The normalized spacial score (nSPS) is 10.1. The zero-order chi connectivity index (χ0) is 17.5. The minimum atomic E-state index is -0.510.